The maximum Gasteiger partial charge on any atom is 0.251 e. The Morgan fingerprint density at radius 3 is 2.67 bits per heavy atom. The summed E-state index contributed by atoms with van der Waals surface area (Å²) in [6.45, 7) is 3.01. The van der Waals surface area contributed by atoms with Gasteiger partial charge in [0.2, 0.25) is 5.91 Å². The van der Waals surface area contributed by atoms with Gasteiger partial charge in [0.15, 0.2) is 4.34 Å². The van der Waals surface area contributed by atoms with Crippen molar-refractivity contribution in [2.24, 2.45) is 0 Å². The number of thiazole rings is 1. The second-order valence-corrected chi connectivity index (χ2v) is 12.4. The molecule has 0 saturated carbocycles. The normalized spacial score (nSPS) is 14.4. The summed E-state index contributed by atoms with van der Waals surface area (Å²) in [7, 11) is 0. The molecule has 11 heteroatoms. The van der Waals surface area contributed by atoms with Gasteiger partial charge in [-0.15, -0.1) is 11.3 Å². The number of rotatable bonds is 9. The summed E-state index contributed by atoms with van der Waals surface area (Å²) in [5.74, 6) is 0.158. The topological polar surface area (TPSA) is 87.2 Å². The SMILES string of the molecule is O=C(CSc1nc2ccc(C(=O)NCc3ccccn3)cc2s1)NC1CCN(Cc2ccc(Cl)c(Cl)c2)CC1. The van der Waals surface area contributed by atoms with Crippen molar-refractivity contribution in [2.75, 3.05) is 18.8 Å². The van der Waals surface area contributed by atoms with Crippen LogP contribution in [0, 0.1) is 0 Å². The minimum Gasteiger partial charge on any atom is -0.353 e. The number of fused-ring (bicyclic) bond motifs is 1. The number of amides is 2. The number of piperidine rings is 1. The predicted octanol–water partition coefficient (Wildman–Crippen LogP) is 5.80. The van der Waals surface area contributed by atoms with E-state index in [9.17, 15) is 9.59 Å². The number of carbonyl (C=O) groups excluding carboxylic acids is 2. The van der Waals surface area contributed by atoms with Crippen LogP contribution in [0.5, 0.6) is 0 Å². The summed E-state index contributed by atoms with van der Waals surface area (Å²) in [5.41, 5.74) is 3.33. The van der Waals surface area contributed by atoms with E-state index in [4.69, 9.17) is 23.2 Å². The molecular formula is C28H27Cl2N5O2S2. The lowest BCUT2D eigenvalue weighted by Crippen LogP contribution is -2.44. The number of thioether (sulfide) groups is 1. The Balaban J connectivity index is 1.06. The van der Waals surface area contributed by atoms with E-state index in [0.717, 1.165) is 58.3 Å². The standard InChI is InChI=1S/C28H27Cl2N5O2S2/c29-22-6-4-18(13-23(22)30)16-35-11-8-20(9-12-35)33-26(36)17-38-28-34-24-7-5-19(14-25(24)39-28)27(37)32-15-21-3-1-2-10-31-21/h1-7,10,13-14,20H,8-9,11-12,15-17H2,(H,32,37)(H,33,36). The van der Waals surface area contributed by atoms with Gasteiger partial charge >= 0.3 is 0 Å². The summed E-state index contributed by atoms with van der Waals surface area (Å²) in [6.07, 6.45) is 3.52. The fourth-order valence-corrected chi connectivity index (χ4v) is 6.65. The Bertz CT molecular complexity index is 1460. The third-order valence-corrected chi connectivity index (χ3v) is 9.36. The van der Waals surface area contributed by atoms with Gasteiger partial charge in [0.1, 0.15) is 0 Å². The number of pyridine rings is 1. The molecule has 0 atom stereocenters. The van der Waals surface area contributed by atoms with E-state index in [0.29, 0.717) is 27.9 Å². The number of hydrogen-bond acceptors (Lipinski definition) is 7. The zero-order chi connectivity index (χ0) is 27.2. The molecule has 39 heavy (non-hydrogen) atoms. The average Bonchev–Trinajstić information content (AvgIpc) is 3.36. The van der Waals surface area contributed by atoms with E-state index in [1.807, 2.05) is 48.5 Å². The van der Waals surface area contributed by atoms with Crippen molar-refractivity contribution in [1.82, 2.24) is 25.5 Å². The highest BCUT2D eigenvalue weighted by molar-refractivity contribution is 8.01. The molecule has 0 radical (unpaired) electrons. The summed E-state index contributed by atoms with van der Waals surface area (Å²) in [4.78, 5) is 36.4. The number of halogens is 2. The molecule has 202 valence electrons. The molecule has 1 saturated heterocycles. The summed E-state index contributed by atoms with van der Waals surface area (Å²) < 4.78 is 1.72. The van der Waals surface area contributed by atoms with Crippen LogP contribution in [0.4, 0.5) is 0 Å². The van der Waals surface area contributed by atoms with Gasteiger partial charge in [-0.05, 0) is 60.9 Å². The monoisotopic (exact) mass is 599 g/mol. The molecule has 7 nitrogen and oxygen atoms in total. The largest absolute Gasteiger partial charge is 0.353 e. The van der Waals surface area contributed by atoms with Crippen LogP contribution in [-0.4, -0.2) is 51.6 Å². The van der Waals surface area contributed by atoms with Gasteiger partial charge in [0.25, 0.3) is 5.91 Å². The van der Waals surface area contributed by atoms with Crippen LogP contribution in [0.2, 0.25) is 10.0 Å². The van der Waals surface area contributed by atoms with Crippen molar-refractivity contribution in [2.45, 2.75) is 36.3 Å². The molecule has 2 aromatic heterocycles. The highest BCUT2D eigenvalue weighted by Gasteiger charge is 2.21. The molecule has 2 amide bonds. The first kappa shape index (κ1) is 27.9. The van der Waals surface area contributed by atoms with E-state index < -0.39 is 0 Å². The molecule has 3 heterocycles. The Hall–Kier alpha value is -2.69. The maximum atomic E-state index is 12.6. The lowest BCUT2D eigenvalue weighted by molar-refractivity contribution is -0.119. The fraction of sp³-hybridized carbons (Fsp3) is 0.286. The first-order chi connectivity index (χ1) is 18.9. The third kappa shape index (κ3) is 7.70. The fourth-order valence-electron chi connectivity index (χ4n) is 4.41. The lowest BCUT2D eigenvalue weighted by atomic mass is 10.0. The summed E-state index contributed by atoms with van der Waals surface area (Å²) in [5, 5.41) is 7.20. The van der Waals surface area contributed by atoms with Gasteiger partial charge in [-0.25, -0.2) is 4.98 Å². The first-order valence-electron chi connectivity index (χ1n) is 12.6. The van der Waals surface area contributed by atoms with Crippen LogP contribution in [0.15, 0.2) is 65.1 Å². The number of likely N-dealkylation sites (tertiary alicyclic amines) is 1. The Morgan fingerprint density at radius 2 is 1.90 bits per heavy atom. The van der Waals surface area contributed by atoms with Crippen molar-refractivity contribution in [1.29, 1.82) is 0 Å². The smallest absolute Gasteiger partial charge is 0.251 e. The zero-order valence-electron chi connectivity index (χ0n) is 21.0. The molecule has 2 aromatic carbocycles. The second kappa shape index (κ2) is 13.1. The van der Waals surface area contributed by atoms with Crippen LogP contribution in [-0.2, 0) is 17.9 Å². The van der Waals surface area contributed by atoms with Crippen LogP contribution < -0.4 is 10.6 Å². The molecule has 4 aromatic rings. The molecule has 0 aliphatic carbocycles. The zero-order valence-corrected chi connectivity index (χ0v) is 24.2. The van der Waals surface area contributed by atoms with Crippen molar-refractivity contribution in [3.05, 3.63) is 87.7 Å². The van der Waals surface area contributed by atoms with Gasteiger partial charge in [-0.1, -0.05) is 47.1 Å². The number of aromatic nitrogens is 2. The quantitative estimate of drug-likeness (QED) is 0.236. The first-order valence-corrected chi connectivity index (χ1v) is 15.2. The minimum absolute atomic E-state index is 0.0109. The van der Waals surface area contributed by atoms with Crippen LogP contribution in [0.3, 0.4) is 0 Å². The Labute approximate surface area is 245 Å². The number of nitrogens with zero attached hydrogens (tertiary/aromatic N) is 3. The van der Waals surface area contributed by atoms with Gasteiger partial charge in [-0.2, -0.15) is 0 Å². The van der Waals surface area contributed by atoms with E-state index >= 15 is 0 Å². The van der Waals surface area contributed by atoms with E-state index in [-0.39, 0.29) is 17.9 Å². The van der Waals surface area contributed by atoms with Crippen molar-refractivity contribution >= 4 is 68.3 Å². The molecular weight excluding hydrogens is 573 g/mol. The summed E-state index contributed by atoms with van der Waals surface area (Å²) >= 11 is 15.1. The summed E-state index contributed by atoms with van der Waals surface area (Å²) in [6, 6.07) is 17.0. The van der Waals surface area contributed by atoms with Gasteiger partial charge in [0, 0.05) is 37.4 Å². The van der Waals surface area contributed by atoms with Crippen molar-refractivity contribution in [3.8, 4) is 0 Å². The second-order valence-electron chi connectivity index (χ2n) is 9.32. The highest BCUT2D eigenvalue weighted by atomic mass is 35.5. The van der Waals surface area contributed by atoms with Crippen molar-refractivity contribution < 1.29 is 9.59 Å². The van der Waals surface area contributed by atoms with Gasteiger partial charge in [0.05, 0.1) is 38.3 Å². The minimum atomic E-state index is -0.160. The average molecular weight is 601 g/mol. The number of nitrogens with one attached hydrogen (secondary N) is 2. The molecule has 1 aliphatic heterocycles. The van der Waals surface area contributed by atoms with E-state index in [1.54, 1.807) is 12.3 Å². The predicted molar refractivity (Wildman–Crippen MR) is 159 cm³/mol. The lowest BCUT2D eigenvalue weighted by Gasteiger charge is -2.32. The highest BCUT2D eigenvalue weighted by Crippen LogP contribution is 2.30. The maximum absolute atomic E-state index is 12.6. The van der Waals surface area contributed by atoms with Gasteiger partial charge in [-0.3, -0.25) is 19.5 Å². The molecule has 0 bridgehead atoms. The molecule has 2 N–H and O–H groups in total. The number of hydrogen-bond donors (Lipinski definition) is 2. The molecule has 5 rings (SSSR count). The van der Waals surface area contributed by atoms with E-state index in [1.165, 1.54) is 23.1 Å². The van der Waals surface area contributed by atoms with Crippen LogP contribution in [0.1, 0.15) is 34.5 Å². The molecule has 1 fully saturated rings. The Morgan fingerprint density at radius 1 is 1.05 bits per heavy atom. The van der Waals surface area contributed by atoms with Crippen molar-refractivity contribution in [3.63, 3.8) is 0 Å². The van der Waals surface area contributed by atoms with Crippen LogP contribution >= 0.6 is 46.3 Å². The number of carbonyl (C=O) groups is 2. The number of benzene rings is 2. The van der Waals surface area contributed by atoms with Gasteiger partial charge < -0.3 is 10.6 Å². The Kier molecular flexibility index (Phi) is 9.36. The van der Waals surface area contributed by atoms with E-state index in [2.05, 4.69) is 25.5 Å². The molecule has 1 aliphatic rings. The van der Waals surface area contributed by atoms with Crippen LogP contribution in [0.25, 0.3) is 10.2 Å². The molecule has 0 spiro atoms. The molecule has 0 unspecified atom stereocenters. The third-order valence-electron chi connectivity index (χ3n) is 6.46.